The maximum Gasteiger partial charge on any atom is 0.237 e. The Labute approximate surface area is 109 Å². The number of aryl methyl sites for hydroxylation is 2. The van der Waals surface area contributed by atoms with Gasteiger partial charge in [-0.3, -0.25) is 4.79 Å². The van der Waals surface area contributed by atoms with Crippen molar-refractivity contribution >= 4 is 5.91 Å². The zero-order chi connectivity index (χ0) is 13.8. The Morgan fingerprint density at radius 2 is 2.22 bits per heavy atom. The fourth-order valence-corrected chi connectivity index (χ4v) is 1.81. The summed E-state index contributed by atoms with van der Waals surface area (Å²) in [6.07, 6.45) is 3.46. The molecule has 1 aromatic rings. The normalized spacial score (nSPS) is 14.4. The van der Waals surface area contributed by atoms with Crippen molar-refractivity contribution in [3.8, 4) is 0 Å². The van der Waals surface area contributed by atoms with Crippen molar-refractivity contribution in [2.75, 3.05) is 6.54 Å². The summed E-state index contributed by atoms with van der Waals surface area (Å²) in [5, 5.41) is 3.23. The van der Waals surface area contributed by atoms with Crippen LogP contribution >= 0.6 is 0 Å². The van der Waals surface area contributed by atoms with E-state index >= 15 is 0 Å². The molecule has 102 valence electrons. The third-order valence-electron chi connectivity index (χ3n) is 3.51. The number of carbonyl (C=O) groups excluding carboxylic acids is 1. The second-order valence-corrected chi connectivity index (χ2v) is 4.98. The molecule has 5 heteroatoms. The number of primary amides is 1. The monoisotopic (exact) mass is 252 g/mol. The molecule has 0 aromatic carbocycles. The third kappa shape index (κ3) is 3.32. The van der Waals surface area contributed by atoms with E-state index < -0.39 is 5.54 Å². The molecule has 0 spiro atoms. The zero-order valence-corrected chi connectivity index (χ0v) is 11.8. The van der Waals surface area contributed by atoms with Gasteiger partial charge in [0.1, 0.15) is 0 Å². The number of imidazole rings is 1. The lowest BCUT2D eigenvalue weighted by Gasteiger charge is -2.27. The standard InChI is InChI=1S/C13H24N4O/c1-5-7-16-13(4,12(14)18)6-8-17-9-15-10(2)11(17)3/h9,16H,5-8H2,1-4H3,(H2,14,18). The van der Waals surface area contributed by atoms with E-state index in [1.807, 2.05) is 27.1 Å². The first kappa shape index (κ1) is 14.7. The van der Waals surface area contributed by atoms with E-state index in [2.05, 4.69) is 21.8 Å². The van der Waals surface area contributed by atoms with E-state index in [0.717, 1.165) is 30.9 Å². The first-order valence-corrected chi connectivity index (χ1v) is 6.44. The molecule has 0 aliphatic rings. The summed E-state index contributed by atoms with van der Waals surface area (Å²) >= 11 is 0. The van der Waals surface area contributed by atoms with Gasteiger partial charge in [0.2, 0.25) is 5.91 Å². The van der Waals surface area contributed by atoms with Gasteiger partial charge in [-0.25, -0.2) is 4.98 Å². The van der Waals surface area contributed by atoms with E-state index in [-0.39, 0.29) is 5.91 Å². The van der Waals surface area contributed by atoms with Gasteiger partial charge in [-0.15, -0.1) is 0 Å². The zero-order valence-electron chi connectivity index (χ0n) is 11.8. The average molecular weight is 252 g/mol. The van der Waals surface area contributed by atoms with Crippen LogP contribution < -0.4 is 11.1 Å². The molecule has 0 radical (unpaired) electrons. The highest BCUT2D eigenvalue weighted by molar-refractivity contribution is 5.84. The van der Waals surface area contributed by atoms with E-state index in [0.29, 0.717) is 6.42 Å². The molecular formula is C13H24N4O. The molecule has 0 saturated carbocycles. The first-order valence-electron chi connectivity index (χ1n) is 6.44. The molecular weight excluding hydrogens is 228 g/mol. The van der Waals surface area contributed by atoms with Gasteiger partial charge >= 0.3 is 0 Å². The Hall–Kier alpha value is -1.36. The Morgan fingerprint density at radius 1 is 1.56 bits per heavy atom. The maximum absolute atomic E-state index is 11.6. The SMILES string of the molecule is CCCNC(C)(CCn1cnc(C)c1C)C(N)=O. The Kier molecular flexibility index (Phi) is 4.90. The number of nitrogens with one attached hydrogen (secondary N) is 1. The van der Waals surface area contributed by atoms with E-state index in [1.54, 1.807) is 0 Å². The lowest BCUT2D eigenvalue weighted by atomic mass is 9.96. The van der Waals surface area contributed by atoms with Crippen molar-refractivity contribution < 1.29 is 4.79 Å². The molecule has 0 bridgehead atoms. The van der Waals surface area contributed by atoms with Crippen LogP contribution in [-0.4, -0.2) is 27.5 Å². The van der Waals surface area contributed by atoms with Crippen molar-refractivity contribution in [3.05, 3.63) is 17.7 Å². The summed E-state index contributed by atoms with van der Waals surface area (Å²) in [4.78, 5) is 15.8. The van der Waals surface area contributed by atoms with Crippen LogP contribution in [0.5, 0.6) is 0 Å². The van der Waals surface area contributed by atoms with Gasteiger partial charge in [-0.1, -0.05) is 6.92 Å². The van der Waals surface area contributed by atoms with Crippen molar-refractivity contribution in [1.29, 1.82) is 0 Å². The molecule has 0 aliphatic carbocycles. The highest BCUT2D eigenvalue weighted by atomic mass is 16.1. The van der Waals surface area contributed by atoms with Crippen molar-refractivity contribution in [3.63, 3.8) is 0 Å². The summed E-state index contributed by atoms with van der Waals surface area (Å²) in [5.41, 5.74) is 7.00. The number of hydrogen-bond donors (Lipinski definition) is 2. The molecule has 1 unspecified atom stereocenters. The fraction of sp³-hybridized carbons (Fsp3) is 0.692. The predicted octanol–water partition coefficient (Wildman–Crippen LogP) is 1.13. The molecule has 0 saturated heterocycles. The lowest BCUT2D eigenvalue weighted by molar-refractivity contribution is -0.124. The number of amides is 1. The second kappa shape index (κ2) is 6.00. The topological polar surface area (TPSA) is 72.9 Å². The van der Waals surface area contributed by atoms with Gasteiger partial charge in [-0.05, 0) is 40.2 Å². The first-order chi connectivity index (χ1) is 8.40. The van der Waals surface area contributed by atoms with E-state index in [1.165, 1.54) is 0 Å². The number of nitrogens with zero attached hydrogens (tertiary/aromatic N) is 2. The number of aromatic nitrogens is 2. The van der Waals surface area contributed by atoms with Gasteiger partial charge in [-0.2, -0.15) is 0 Å². The summed E-state index contributed by atoms with van der Waals surface area (Å²) in [5.74, 6) is -0.301. The molecule has 0 aliphatic heterocycles. The highest BCUT2D eigenvalue weighted by Crippen LogP contribution is 2.13. The number of rotatable bonds is 7. The van der Waals surface area contributed by atoms with Crippen LogP contribution in [0.4, 0.5) is 0 Å². The van der Waals surface area contributed by atoms with Gasteiger partial charge in [0.15, 0.2) is 0 Å². The van der Waals surface area contributed by atoms with Crippen LogP contribution in [0.3, 0.4) is 0 Å². The van der Waals surface area contributed by atoms with Crippen LogP contribution in [0.1, 0.15) is 38.1 Å². The summed E-state index contributed by atoms with van der Waals surface area (Å²) in [6, 6.07) is 0. The predicted molar refractivity (Wildman–Crippen MR) is 72.2 cm³/mol. The molecule has 1 rings (SSSR count). The minimum Gasteiger partial charge on any atom is -0.368 e. The largest absolute Gasteiger partial charge is 0.368 e. The van der Waals surface area contributed by atoms with Gasteiger partial charge in [0.25, 0.3) is 0 Å². The summed E-state index contributed by atoms with van der Waals surface area (Å²) in [6.45, 7) is 9.48. The van der Waals surface area contributed by atoms with Crippen LogP contribution in [0.15, 0.2) is 6.33 Å². The van der Waals surface area contributed by atoms with Crippen LogP contribution in [0.2, 0.25) is 0 Å². The molecule has 18 heavy (non-hydrogen) atoms. The molecule has 3 N–H and O–H groups in total. The second-order valence-electron chi connectivity index (χ2n) is 4.98. The Morgan fingerprint density at radius 3 is 2.67 bits per heavy atom. The summed E-state index contributed by atoms with van der Waals surface area (Å²) < 4.78 is 2.06. The van der Waals surface area contributed by atoms with Crippen molar-refractivity contribution in [2.24, 2.45) is 5.73 Å². The molecule has 1 atom stereocenters. The van der Waals surface area contributed by atoms with Crippen molar-refractivity contribution in [2.45, 2.75) is 52.6 Å². The molecule has 1 amide bonds. The van der Waals surface area contributed by atoms with Crippen LogP contribution in [0, 0.1) is 13.8 Å². The number of hydrogen-bond acceptors (Lipinski definition) is 3. The third-order valence-corrected chi connectivity index (χ3v) is 3.51. The number of nitrogens with two attached hydrogens (primary N) is 1. The minimum atomic E-state index is -0.652. The van der Waals surface area contributed by atoms with Gasteiger partial charge in [0, 0.05) is 12.2 Å². The van der Waals surface area contributed by atoms with Crippen LogP contribution in [0.25, 0.3) is 0 Å². The Bertz CT molecular complexity index is 413. The molecule has 5 nitrogen and oxygen atoms in total. The smallest absolute Gasteiger partial charge is 0.237 e. The Balaban J connectivity index is 2.68. The van der Waals surface area contributed by atoms with E-state index in [4.69, 9.17) is 5.73 Å². The quantitative estimate of drug-likeness (QED) is 0.764. The van der Waals surface area contributed by atoms with Crippen LogP contribution in [-0.2, 0) is 11.3 Å². The molecule has 0 fully saturated rings. The average Bonchev–Trinajstić information content (AvgIpc) is 2.65. The lowest BCUT2D eigenvalue weighted by Crippen LogP contribution is -2.53. The van der Waals surface area contributed by atoms with Gasteiger partial charge in [0.05, 0.1) is 17.6 Å². The minimum absolute atomic E-state index is 0.301. The number of carbonyl (C=O) groups is 1. The van der Waals surface area contributed by atoms with E-state index in [9.17, 15) is 4.79 Å². The maximum atomic E-state index is 11.6. The van der Waals surface area contributed by atoms with Gasteiger partial charge < -0.3 is 15.6 Å². The molecule has 1 heterocycles. The molecule has 1 aromatic heterocycles. The summed E-state index contributed by atoms with van der Waals surface area (Å²) in [7, 11) is 0. The highest BCUT2D eigenvalue weighted by Gasteiger charge is 2.29. The van der Waals surface area contributed by atoms with Crippen molar-refractivity contribution in [1.82, 2.24) is 14.9 Å². The fourth-order valence-electron chi connectivity index (χ4n) is 1.81.